The van der Waals surface area contributed by atoms with Gasteiger partial charge in [0.1, 0.15) is 18.8 Å². The van der Waals surface area contributed by atoms with E-state index in [9.17, 15) is 24.0 Å². The maximum atomic E-state index is 12.9. The van der Waals surface area contributed by atoms with Gasteiger partial charge in [-0.15, -0.1) is 0 Å². The van der Waals surface area contributed by atoms with Crippen molar-refractivity contribution in [2.75, 3.05) is 6.61 Å². The molecule has 250 valence electrons. The summed E-state index contributed by atoms with van der Waals surface area (Å²) < 4.78 is 19.5. The van der Waals surface area contributed by atoms with Crippen LogP contribution in [0.4, 0.5) is 0 Å². The van der Waals surface area contributed by atoms with Crippen LogP contribution in [0.5, 0.6) is 0 Å². The number of amides is 1. The van der Waals surface area contributed by atoms with Gasteiger partial charge in [-0.1, -0.05) is 54.6 Å². The average molecular weight is 672 g/mol. The first-order valence-electron chi connectivity index (χ1n) is 15.9. The molecule has 1 aliphatic carbocycles. The molecule has 2 aromatic carbocycles. The van der Waals surface area contributed by atoms with Crippen molar-refractivity contribution < 1.29 is 28.6 Å². The van der Waals surface area contributed by atoms with E-state index < -0.39 is 17.6 Å². The van der Waals surface area contributed by atoms with Crippen molar-refractivity contribution in [1.29, 1.82) is 0 Å². The molecule has 11 nitrogen and oxygen atoms in total. The maximum absolute atomic E-state index is 12.9. The smallest absolute Gasteiger partial charge is 0.346 e. The maximum Gasteiger partial charge on any atom is 0.346 e. The van der Waals surface area contributed by atoms with Gasteiger partial charge in [0.15, 0.2) is 0 Å². The Morgan fingerprint density at radius 1 is 1.08 bits per heavy atom. The number of carbonyl (C=O) groups excluding carboxylic acids is 3. The zero-order chi connectivity index (χ0) is 34.0. The number of hydrogen-bond acceptors (Lipinski definition) is 9. The van der Waals surface area contributed by atoms with E-state index in [4.69, 9.17) is 14.2 Å². The van der Waals surface area contributed by atoms with E-state index in [1.807, 2.05) is 26.0 Å². The Hall–Kier alpha value is -4.81. The van der Waals surface area contributed by atoms with Gasteiger partial charge in [0.2, 0.25) is 5.91 Å². The number of aromatic nitrogens is 2. The Bertz CT molecular complexity index is 1920. The number of nitrogens with one attached hydrogen (secondary N) is 1. The molecule has 3 aromatic rings. The van der Waals surface area contributed by atoms with Crippen LogP contribution in [-0.2, 0) is 41.7 Å². The summed E-state index contributed by atoms with van der Waals surface area (Å²) >= 11 is 0.858. The van der Waals surface area contributed by atoms with Crippen LogP contribution in [0.3, 0.4) is 0 Å². The molecule has 1 N–H and O–H groups in total. The minimum Gasteiger partial charge on any atom is -0.458 e. The Morgan fingerprint density at radius 3 is 2.56 bits per heavy atom. The van der Waals surface area contributed by atoms with Crippen LogP contribution in [-0.4, -0.2) is 50.8 Å². The van der Waals surface area contributed by atoms with Crippen LogP contribution < -0.4 is 15.9 Å². The highest BCUT2D eigenvalue weighted by atomic mass is 32.1. The van der Waals surface area contributed by atoms with Gasteiger partial charge in [-0.2, -0.15) is 0 Å². The van der Waals surface area contributed by atoms with E-state index in [1.165, 1.54) is 8.52 Å². The van der Waals surface area contributed by atoms with Gasteiger partial charge in [-0.05, 0) is 68.4 Å². The first-order valence-corrected chi connectivity index (χ1v) is 16.6. The number of esters is 2. The number of benzene rings is 2. The molecule has 6 rings (SSSR count). The van der Waals surface area contributed by atoms with E-state index in [2.05, 4.69) is 18.0 Å². The second-order valence-corrected chi connectivity index (χ2v) is 13.5. The SMILES string of the molecule is C=C1C(=O)O[C@H]2[C@H]1CC/C(COC(=O)/C=C\C(=O)NCc1ccc(Cn3c(=O)sn(-c4ccc(C)cc4)c3=O)cc1)=C\CC[C@@]1(C)O[C@@H]21. The quantitative estimate of drug-likeness (QED) is 0.157. The van der Waals surface area contributed by atoms with Crippen LogP contribution in [0.15, 0.2) is 94.1 Å². The molecule has 0 spiro atoms. The molecule has 48 heavy (non-hydrogen) atoms. The summed E-state index contributed by atoms with van der Waals surface area (Å²) in [5, 5.41) is 2.73. The summed E-state index contributed by atoms with van der Waals surface area (Å²) in [5.41, 5.74) is 3.91. The summed E-state index contributed by atoms with van der Waals surface area (Å²) in [5.74, 6) is -1.62. The van der Waals surface area contributed by atoms with Gasteiger partial charge < -0.3 is 19.5 Å². The fourth-order valence-electron chi connectivity index (χ4n) is 6.13. The predicted octanol–water partition coefficient (Wildman–Crippen LogP) is 3.89. The fourth-order valence-corrected chi connectivity index (χ4v) is 6.93. The highest BCUT2D eigenvalue weighted by Crippen LogP contribution is 2.49. The zero-order valence-corrected chi connectivity index (χ0v) is 27.6. The Kier molecular flexibility index (Phi) is 9.47. The minimum atomic E-state index is -0.642. The average Bonchev–Trinajstić information content (AvgIpc) is 3.56. The van der Waals surface area contributed by atoms with Crippen molar-refractivity contribution in [3.8, 4) is 5.69 Å². The van der Waals surface area contributed by atoms with Crippen molar-refractivity contribution in [3.05, 3.63) is 121 Å². The molecule has 2 saturated heterocycles. The Balaban J connectivity index is 0.966. The van der Waals surface area contributed by atoms with Gasteiger partial charge in [0.25, 0.3) is 0 Å². The summed E-state index contributed by atoms with van der Waals surface area (Å²) in [4.78, 5) is 62.1. The molecule has 4 atom stereocenters. The molecule has 0 unspecified atom stereocenters. The molecule has 2 fully saturated rings. The molecular formula is C36H37N3O8S. The summed E-state index contributed by atoms with van der Waals surface area (Å²) in [6.07, 6.45) is 6.57. The lowest BCUT2D eigenvalue weighted by atomic mass is 9.84. The summed E-state index contributed by atoms with van der Waals surface area (Å²) in [6, 6.07) is 14.6. The second-order valence-electron chi connectivity index (χ2n) is 12.6. The van der Waals surface area contributed by atoms with Crippen LogP contribution in [0.1, 0.15) is 49.3 Å². The van der Waals surface area contributed by atoms with Crippen LogP contribution in [0, 0.1) is 12.8 Å². The highest BCUT2D eigenvalue weighted by molar-refractivity contribution is 7.03. The van der Waals surface area contributed by atoms with Crippen molar-refractivity contribution in [2.24, 2.45) is 5.92 Å². The number of hydrogen-bond donors (Lipinski definition) is 1. The number of ether oxygens (including phenoxy) is 3. The number of epoxide rings is 1. The summed E-state index contributed by atoms with van der Waals surface area (Å²) in [6.45, 7) is 8.32. The molecule has 2 aliphatic heterocycles. The number of allylic oxidation sites excluding steroid dienone is 1. The third-order valence-electron chi connectivity index (χ3n) is 9.10. The van der Waals surface area contributed by atoms with Crippen molar-refractivity contribution >= 4 is 29.4 Å². The Labute approximate surface area is 281 Å². The monoisotopic (exact) mass is 671 g/mol. The lowest BCUT2D eigenvalue weighted by Gasteiger charge is -2.20. The largest absolute Gasteiger partial charge is 0.458 e. The molecule has 0 saturated carbocycles. The van der Waals surface area contributed by atoms with Gasteiger partial charge in [0.05, 0.1) is 17.8 Å². The van der Waals surface area contributed by atoms with Gasteiger partial charge >= 0.3 is 22.5 Å². The van der Waals surface area contributed by atoms with Gasteiger partial charge in [-0.25, -0.2) is 22.9 Å². The molecular weight excluding hydrogens is 634 g/mol. The fraction of sp³-hybridized carbons (Fsp3) is 0.361. The standard InChI is InChI=1S/C36H37N3O8S/c1-22-6-13-27(14-7-22)39-34(43)38(35(44)48-39)20-25-10-8-24(9-11-25)19-37-29(40)16-17-30(41)45-21-26-5-4-18-36(3)32(47-36)31-28(15-12-26)23(2)33(42)46-31/h5-11,13-14,16-17,28,31-32H,2,4,12,15,18-21H2,1,3H3,(H,37,40)/b17-16-,26-5+/t28-,31-,32-,36+/m0/s1. The topological polar surface area (TPSA) is 138 Å². The predicted molar refractivity (Wildman–Crippen MR) is 179 cm³/mol. The van der Waals surface area contributed by atoms with Crippen molar-refractivity contribution in [2.45, 2.75) is 70.4 Å². The lowest BCUT2D eigenvalue weighted by molar-refractivity contribution is -0.140. The number of fused-ring (bicyclic) bond motifs is 3. The number of aryl methyl sites for hydroxylation is 1. The van der Waals surface area contributed by atoms with Gasteiger partial charge in [-0.3, -0.25) is 9.59 Å². The third-order valence-corrected chi connectivity index (χ3v) is 10.0. The van der Waals surface area contributed by atoms with E-state index in [0.717, 1.165) is 58.8 Å². The molecule has 1 aromatic heterocycles. The molecule has 12 heteroatoms. The van der Waals surface area contributed by atoms with E-state index in [0.29, 0.717) is 24.1 Å². The normalized spacial score (nSPS) is 24.6. The molecule has 3 aliphatic rings. The molecule has 1 amide bonds. The first kappa shape index (κ1) is 33.1. The number of carbonyl (C=O) groups is 3. The number of rotatable bonds is 9. The van der Waals surface area contributed by atoms with E-state index >= 15 is 0 Å². The van der Waals surface area contributed by atoms with Crippen LogP contribution in [0.25, 0.3) is 5.69 Å². The van der Waals surface area contributed by atoms with Crippen molar-refractivity contribution in [1.82, 2.24) is 13.8 Å². The molecule has 0 bridgehead atoms. The van der Waals surface area contributed by atoms with Crippen molar-refractivity contribution in [3.63, 3.8) is 0 Å². The minimum absolute atomic E-state index is 0.0775. The van der Waals surface area contributed by atoms with E-state index in [-0.39, 0.29) is 54.3 Å². The van der Waals surface area contributed by atoms with Crippen LogP contribution >= 0.6 is 11.5 Å². The number of nitrogens with zero attached hydrogens (tertiary/aromatic N) is 2. The second kappa shape index (κ2) is 13.7. The molecule has 3 heterocycles. The molecule has 0 radical (unpaired) electrons. The summed E-state index contributed by atoms with van der Waals surface area (Å²) in [7, 11) is 0. The Morgan fingerprint density at radius 2 is 1.81 bits per heavy atom. The van der Waals surface area contributed by atoms with E-state index in [1.54, 1.807) is 36.4 Å². The first-order chi connectivity index (χ1) is 23.0. The highest BCUT2D eigenvalue weighted by Gasteiger charge is 2.61. The third kappa shape index (κ3) is 7.34. The zero-order valence-electron chi connectivity index (χ0n) is 26.8. The lowest BCUT2D eigenvalue weighted by Crippen LogP contribution is -2.29. The van der Waals surface area contributed by atoms with Crippen LogP contribution in [0.2, 0.25) is 0 Å². The van der Waals surface area contributed by atoms with Gasteiger partial charge in [0, 0.05) is 41.7 Å².